The highest BCUT2D eigenvalue weighted by molar-refractivity contribution is 5.80. The molecule has 1 heterocycles. The van der Waals surface area contributed by atoms with E-state index in [0.717, 1.165) is 11.0 Å². The van der Waals surface area contributed by atoms with Crippen LogP contribution in [-0.4, -0.2) is 28.5 Å². The van der Waals surface area contributed by atoms with E-state index in [4.69, 9.17) is 4.74 Å². The van der Waals surface area contributed by atoms with E-state index in [9.17, 15) is 9.59 Å². The van der Waals surface area contributed by atoms with Gasteiger partial charge < -0.3 is 14.6 Å². The molecule has 1 amide bonds. The van der Waals surface area contributed by atoms with Gasteiger partial charge in [0.05, 0.1) is 24.2 Å². The molecule has 0 saturated heterocycles. The summed E-state index contributed by atoms with van der Waals surface area (Å²) < 4.78 is 6.51. The molecule has 0 spiro atoms. The number of hydrogen-bond acceptors (Lipinski definition) is 4. The van der Waals surface area contributed by atoms with E-state index in [0.29, 0.717) is 12.2 Å². The van der Waals surface area contributed by atoms with E-state index >= 15 is 0 Å². The average Bonchev–Trinajstić information content (AvgIpc) is 2.86. The molecule has 1 atom stereocenters. The van der Waals surface area contributed by atoms with Gasteiger partial charge in [-0.15, -0.1) is 0 Å². The number of nitrogens with one attached hydrogen (secondary N) is 1. The second-order valence-corrected chi connectivity index (χ2v) is 4.76. The lowest BCUT2D eigenvalue weighted by atomic mass is 10.3. The summed E-state index contributed by atoms with van der Waals surface area (Å²) >= 11 is 0. The molecule has 6 nitrogen and oxygen atoms in total. The molecule has 1 unspecified atom stereocenters. The molecule has 21 heavy (non-hydrogen) atoms. The normalized spacial score (nSPS) is 12.1. The number of esters is 1. The highest BCUT2D eigenvalue weighted by Gasteiger charge is 2.19. The number of carbonyl (C=O) groups is 2. The molecule has 2 aromatic rings. The number of para-hydroxylation sites is 2. The maximum atomic E-state index is 11.6. The van der Waals surface area contributed by atoms with Gasteiger partial charge in [-0.25, -0.2) is 4.98 Å². The Morgan fingerprint density at radius 3 is 2.76 bits per heavy atom. The van der Waals surface area contributed by atoms with Crippen LogP contribution in [0.3, 0.4) is 0 Å². The molecule has 0 saturated carbocycles. The van der Waals surface area contributed by atoms with Crippen molar-refractivity contribution in [1.82, 2.24) is 14.9 Å². The van der Waals surface area contributed by atoms with E-state index in [1.54, 1.807) is 11.5 Å². The lowest BCUT2D eigenvalue weighted by Gasteiger charge is -2.15. The minimum absolute atomic E-state index is 0.0563. The maximum absolute atomic E-state index is 11.6. The fourth-order valence-electron chi connectivity index (χ4n) is 2.19. The van der Waals surface area contributed by atoms with Crippen LogP contribution in [-0.2, 0) is 20.9 Å². The maximum Gasteiger partial charge on any atom is 0.325 e. The minimum Gasteiger partial charge on any atom is -0.468 e. The third-order valence-electron chi connectivity index (χ3n) is 3.28. The lowest BCUT2D eigenvalue weighted by molar-refractivity contribution is -0.141. The molecule has 1 aromatic heterocycles. The molecule has 0 aliphatic rings. The number of rotatable bonds is 5. The smallest absolute Gasteiger partial charge is 0.325 e. The van der Waals surface area contributed by atoms with Gasteiger partial charge in [-0.3, -0.25) is 9.59 Å². The van der Waals surface area contributed by atoms with E-state index in [2.05, 4.69) is 10.3 Å². The van der Waals surface area contributed by atoms with Gasteiger partial charge in [0.1, 0.15) is 12.4 Å². The van der Waals surface area contributed by atoms with E-state index in [-0.39, 0.29) is 24.5 Å². The van der Waals surface area contributed by atoms with Crippen LogP contribution in [0.5, 0.6) is 0 Å². The number of methoxy groups -OCH3 is 1. The quantitative estimate of drug-likeness (QED) is 0.852. The number of hydrogen-bond donors (Lipinski definition) is 1. The molecule has 112 valence electrons. The standard InChI is InChI=1S/C15H19N3O3/c1-4-13(19)16-10(2)15-17-11-7-5-6-8-12(11)18(15)9-14(20)21-3/h5-8,10H,4,9H2,1-3H3,(H,16,19). The Hall–Kier alpha value is -2.37. The molecule has 1 aromatic carbocycles. The highest BCUT2D eigenvalue weighted by atomic mass is 16.5. The summed E-state index contributed by atoms with van der Waals surface area (Å²) in [6.07, 6.45) is 0.404. The van der Waals surface area contributed by atoms with E-state index in [1.807, 2.05) is 31.2 Å². The monoisotopic (exact) mass is 289 g/mol. The first kappa shape index (κ1) is 15.0. The van der Waals surface area contributed by atoms with Crippen LogP contribution in [0.2, 0.25) is 0 Å². The second-order valence-electron chi connectivity index (χ2n) is 4.76. The van der Waals surface area contributed by atoms with Crippen molar-refractivity contribution in [3.05, 3.63) is 30.1 Å². The number of ether oxygens (including phenoxy) is 1. The van der Waals surface area contributed by atoms with Crippen LogP contribution in [0.4, 0.5) is 0 Å². The lowest BCUT2D eigenvalue weighted by Crippen LogP contribution is -2.28. The Kier molecular flexibility index (Phi) is 4.57. The molecule has 0 radical (unpaired) electrons. The summed E-state index contributed by atoms with van der Waals surface area (Å²) in [5, 5.41) is 2.86. The van der Waals surface area contributed by atoms with Gasteiger partial charge in [0.15, 0.2) is 0 Å². The molecule has 2 rings (SSSR count). The number of nitrogens with zero attached hydrogens (tertiary/aromatic N) is 2. The Morgan fingerprint density at radius 2 is 2.10 bits per heavy atom. The molecule has 0 aliphatic heterocycles. The summed E-state index contributed by atoms with van der Waals surface area (Å²) in [5.74, 6) is 0.232. The molecule has 0 fully saturated rings. The molecule has 6 heteroatoms. The summed E-state index contributed by atoms with van der Waals surface area (Å²) in [4.78, 5) is 27.7. The van der Waals surface area contributed by atoms with Crippen LogP contribution in [0, 0.1) is 0 Å². The van der Waals surface area contributed by atoms with Crippen molar-refractivity contribution in [3.8, 4) is 0 Å². The number of aromatic nitrogens is 2. The first-order valence-electron chi connectivity index (χ1n) is 6.88. The summed E-state index contributed by atoms with van der Waals surface area (Å²) in [6, 6.07) is 7.26. The second kappa shape index (κ2) is 6.39. The number of fused-ring (bicyclic) bond motifs is 1. The van der Waals surface area contributed by atoms with Gasteiger partial charge in [0.2, 0.25) is 5.91 Å². The molecule has 1 N–H and O–H groups in total. The van der Waals surface area contributed by atoms with Gasteiger partial charge >= 0.3 is 5.97 Å². The van der Waals surface area contributed by atoms with Crippen LogP contribution < -0.4 is 5.32 Å². The van der Waals surface area contributed by atoms with Crippen LogP contribution >= 0.6 is 0 Å². The van der Waals surface area contributed by atoms with Crippen molar-refractivity contribution >= 4 is 22.9 Å². The Labute approximate surface area is 123 Å². The topological polar surface area (TPSA) is 73.2 Å². The van der Waals surface area contributed by atoms with Crippen molar-refractivity contribution in [2.75, 3.05) is 7.11 Å². The molecule has 0 aliphatic carbocycles. The number of imidazole rings is 1. The minimum atomic E-state index is -0.353. The third kappa shape index (κ3) is 3.21. The predicted molar refractivity (Wildman–Crippen MR) is 78.6 cm³/mol. The number of carbonyl (C=O) groups excluding carboxylic acids is 2. The highest BCUT2D eigenvalue weighted by Crippen LogP contribution is 2.21. The first-order valence-corrected chi connectivity index (χ1v) is 6.88. The summed E-state index contributed by atoms with van der Waals surface area (Å²) in [7, 11) is 1.35. The number of amides is 1. The SMILES string of the molecule is CCC(=O)NC(C)c1nc2ccccc2n1CC(=O)OC. The average molecular weight is 289 g/mol. The van der Waals surface area contributed by atoms with Crippen LogP contribution in [0.1, 0.15) is 32.1 Å². The Bertz CT molecular complexity index is 663. The fourth-order valence-corrected chi connectivity index (χ4v) is 2.19. The largest absolute Gasteiger partial charge is 0.468 e. The van der Waals surface area contributed by atoms with Gasteiger partial charge in [-0.1, -0.05) is 19.1 Å². The first-order chi connectivity index (χ1) is 10.1. The predicted octanol–water partition coefficient (Wildman–Crippen LogP) is 1.80. The van der Waals surface area contributed by atoms with E-state index in [1.165, 1.54) is 7.11 Å². The zero-order valence-corrected chi connectivity index (χ0v) is 12.4. The molecular formula is C15H19N3O3. The Morgan fingerprint density at radius 1 is 1.38 bits per heavy atom. The summed E-state index contributed by atoms with van der Waals surface area (Å²) in [6.45, 7) is 3.71. The zero-order valence-electron chi connectivity index (χ0n) is 12.4. The van der Waals surface area contributed by atoms with Crippen molar-refractivity contribution < 1.29 is 14.3 Å². The number of benzene rings is 1. The van der Waals surface area contributed by atoms with Gasteiger partial charge in [-0.2, -0.15) is 0 Å². The van der Waals surface area contributed by atoms with Gasteiger partial charge in [0, 0.05) is 6.42 Å². The van der Waals surface area contributed by atoms with Crippen molar-refractivity contribution in [1.29, 1.82) is 0 Å². The Balaban J connectivity index is 2.43. The van der Waals surface area contributed by atoms with Crippen molar-refractivity contribution in [2.45, 2.75) is 32.9 Å². The van der Waals surface area contributed by atoms with Crippen LogP contribution in [0.25, 0.3) is 11.0 Å². The third-order valence-corrected chi connectivity index (χ3v) is 3.28. The zero-order chi connectivity index (χ0) is 15.4. The van der Waals surface area contributed by atoms with E-state index < -0.39 is 0 Å². The van der Waals surface area contributed by atoms with Gasteiger partial charge in [0.25, 0.3) is 0 Å². The van der Waals surface area contributed by atoms with Gasteiger partial charge in [-0.05, 0) is 19.1 Å². The van der Waals surface area contributed by atoms with Crippen molar-refractivity contribution in [3.63, 3.8) is 0 Å². The van der Waals surface area contributed by atoms with Crippen molar-refractivity contribution in [2.24, 2.45) is 0 Å². The molecule has 0 bridgehead atoms. The molecular weight excluding hydrogens is 270 g/mol. The van der Waals surface area contributed by atoms with Crippen LogP contribution in [0.15, 0.2) is 24.3 Å². The fraction of sp³-hybridized carbons (Fsp3) is 0.400. The summed E-state index contributed by atoms with van der Waals surface area (Å²) in [5.41, 5.74) is 1.63.